The van der Waals surface area contributed by atoms with E-state index in [4.69, 9.17) is 11.6 Å². The molecule has 3 heteroatoms. The predicted molar refractivity (Wildman–Crippen MR) is 105 cm³/mol. The van der Waals surface area contributed by atoms with Crippen LogP contribution >= 0.6 is 27.5 Å². The Labute approximate surface area is 156 Å². The van der Waals surface area contributed by atoms with Crippen molar-refractivity contribution in [2.24, 2.45) is 0 Å². The summed E-state index contributed by atoms with van der Waals surface area (Å²) in [4.78, 5) is 0. The fraction of sp³-hybridized carbons (Fsp3) is 0.143. The molecular formula is C21H18BrClO. The highest BCUT2D eigenvalue weighted by Crippen LogP contribution is 2.37. The first-order valence-electron chi connectivity index (χ1n) is 7.73. The van der Waals surface area contributed by atoms with E-state index in [-0.39, 0.29) is 0 Å². The zero-order valence-electron chi connectivity index (χ0n) is 13.6. The molecule has 0 saturated heterocycles. The number of hydrogen-bond acceptors (Lipinski definition) is 1. The molecular weight excluding hydrogens is 384 g/mol. The van der Waals surface area contributed by atoms with Gasteiger partial charge in [0, 0.05) is 9.50 Å². The van der Waals surface area contributed by atoms with Crippen LogP contribution in [0.1, 0.15) is 19.4 Å². The highest BCUT2D eigenvalue weighted by molar-refractivity contribution is 9.10. The number of hydrogen-bond donors (Lipinski definition) is 1. The molecule has 0 aliphatic carbocycles. The Hall–Kier alpha value is -1.61. The van der Waals surface area contributed by atoms with Crippen LogP contribution in [0.4, 0.5) is 0 Å². The summed E-state index contributed by atoms with van der Waals surface area (Å²) in [6.45, 7) is 3.55. The van der Waals surface area contributed by atoms with Crippen LogP contribution in [0, 0.1) is 0 Å². The molecule has 0 fully saturated rings. The largest absolute Gasteiger partial charge is 0.386 e. The molecule has 3 aromatic rings. The minimum atomic E-state index is -0.977. The third-order valence-corrected chi connectivity index (χ3v) is 4.65. The maximum atomic E-state index is 10.5. The van der Waals surface area contributed by atoms with E-state index < -0.39 is 5.60 Å². The van der Waals surface area contributed by atoms with Gasteiger partial charge in [-0.25, -0.2) is 0 Å². The topological polar surface area (TPSA) is 20.2 Å². The summed E-state index contributed by atoms with van der Waals surface area (Å²) in [6.07, 6.45) is 0. The van der Waals surface area contributed by atoms with Crippen LogP contribution in [0.25, 0.3) is 22.3 Å². The minimum Gasteiger partial charge on any atom is -0.386 e. The SMILES string of the molecule is CC(C)(O)c1cc(Cl)ccc1-c1cc(Br)cc(-c2ccccc2)c1. The first-order chi connectivity index (χ1) is 11.3. The number of aliphatic hydroxyl groups is 1. The van der Waals surface area contributed by atoms with Crippen LogP contribution in [0.2, 0.25) is 5.02 Å². The van der Waals surface area contributed by atoms with Crippen LogP contribution in [0.3, 0.4) is 0 Å². The molecule has 1 N–H and O–H groups in total. The molecule has 122 valence electrons. The lowest BCUT2D eigenvalue weighted by atomic mass is 9.88. The van der Waals surface area contributed by atoms with Crippen LogP contribution in [-0.2, 0) is 5.60 Å². The van der Waals surface area contributed by atoms with E-state index in [0.717, 1.165) is 32.3 Å². The summed E-state index contributed by atoms with van der Waals surface area (Å²) in [5.41, 5.74) is 4.13. The number of halogens is 2. The smallest absolute Gasteiger partial charge is 0.0847 e. The second-order valence-electron chi connectivity index (χ2n) is 6.34. The molecule has 0 aliphatic rings. The predicted octanol–water partition coefficient (Wildman–Crippen LogP) is 6.66. The molecule has 0 heterocycles. The van der Waals surface area contributed by atoms with Gasteiger partial charge < -0.3 is 5.11 Å². The molecule has 3 rings (SSSR count). The molecule has 0 unspecified atom stereocenters. The monoisotopic (exact) mass is 400 g/mol. The van der Waals surface area contributed by atoms with Crippen molar-refractivity contribution in [2.45, 2.75) is 19.4 Å². The van der Waals surface area contributed by atoms with Crippen LogP contribution in [0.5, 0.6) is 0 Å². The van der Waals surface area contributed by atoms with Crippen LogP contribution in [0.15, 0.2) is 71.2 Å². The third-order valence-electron chi connectivity index (χ3n) is 3.96. The highest BCUT2D eigenvalue weighted by Gasteiger charge is 2.21. The molecule has 1 nitrogen and oxygen atoms in total. The summed E-state index contributed by atoms with van der Waals surface area (Å²) in [5, 5.41) is 11.2. The van der Waals surface area contributed by atoms with Crippen molar-refractivity contribution in [3.8, 4) is 22.3 Å². The van der Waals surface area contributed by atoms with Crippen molar-refractivity contribution in [1.29, 1.82) is 0 Å². The fourth-order valence-corrected chi connectivity index (χ4v) is 3.48. The zero-order valence-corrected chi connectivity index (χ0v) is 15.9. The average molecular weight is 402 g/mol. The Balaban J connectivity index is 2.20. The quantitative estimate of drug-likeness (QED) is 0.520. The van der Waals surface area contributed by atoms with Gasteiger partial charge in [0.15, 0.2) is 0 Å². The second kappa shape index (κ2) is 6.72. The van der Waals surface area contributed by atoms with E-state index in [9.17, 15) is 5.11 Å². The molecule has 0 atom stereocenters. The van der Waals surface area contributed by atoms with Crippen molar-refractivity contribution in [1.82, 2.24) is 0 Å². The Morgan fingerprint density at radius 2 is 1.50 bits per heavy atom. The number of rotatable bonds is 3. The Bertz CT molecular complexity index is 867. The van der Waals surface area contributed by atoms with Gasteiger partial charge in [-0.1, -0.05) is 63.9 Å². The van der Waals surface area contributed by atoms with E-state index in [1.807, 2.05) is 36.4 Å². The van der Waals surface area contributed by atoms with E-state index in [1.165, 1.54) is 0 Å². The van der Waals surface area contributed by atoms with E-state index in [0.29, 0.717) is 5.02 Å². The summed E-state index contributed by atoms with van der Waals surface area (Å²) in [6, 6.07) is 22.2. The molecule has 0 saturated carbocycles. The van der Waals surface area contributed by atoms with Gasteiger partial charge >= 0.3 is 0 Å². The normalized spacial score (nSPS) is 11.5. The van der Waals surface area contributed by atoms with Crippen LogP contribution < -0.4 is 0 Å². The standard InChI is InChI=1S/C21H18BrClO/c1-21(2,24)20-13-18(23)8-9-19(20)16-10-15(11-17(22)12-16)14-6-4-3-5-7-14/h3-13,24H,1-2H3. The first kappa shape index (κ1) is 17.2. The van der Waals surface area contributed by atoms with E-state index >= 15 is 0 Å². The van der Waals surface area contributed by atoms with Gasteiger partial charge in [0.25, 0.3) is 0 Å². The zero-order chi connectivity index (χ0) is 17.3. The van der Waals surface area contributed by atoms with Crippen molar-refractivity contribution in [3.63, 3.8) is 0 Å². The van der Waals surface area contributed by atoms with Crippen molar-refractivity contribution < 1.29 is 5.11 Å². The maximum absolute atomic E-state index is 10.5. The average Bonchev–Trinajstić information content (AvgIpc) is 2.54. The Morgan fingerprint density at radius 1 is 0.833 bits per heavy atom. The lowest BCUT2D eigenvalue weighted by molar-refractivity contribution is 0.0792. The van der Waals surface area contributed by atoms with Crippen molar-refractivity contribution >= 4 is 27.5 Å². The second-order valence-corrected chi connectivity index (χ2v) is 7.70. The number of benzene rings is 3. The summed E-state index contributed by atoms with van der Waals surface area (Å²) in [7, 11) is 0. The van der Waals surface area contributed by atoms with E-state index in [1.54, 1.807) is 13.8 Å². The minimum absolute atomic E-state index is 0.620. The first-order valence-corrected chi connectivity index (χ1v) is 8.90. The molecule has 0 aromatic heterocycles. The van der Waals surface area contributed by atoms with Gasteiger partial charge in [0.05, 0.1) is 5.60 Å². The molecule has 0 aliphatic heterocycles. The van der Waals surface area contributed by atoms with Gasteiger partial charge in [-0.15, -0.1) is 0 Å². The van der Waals surface area contributed by atoms with Gasteiger partial charge in [0.2, 0.25) is 0 Å². The Morgan fingerprint density at radius 3 is 2.17 bits per heavy atom. The molecule has 0 amide bonds. The fourth-order valence-electron chi connectivity index (χ4n) is 2.82. The molecule has 3 aromatic carbocycles. The third kappa shape index (κ3) is 3.72. The van der Waals surface area contributed by atoms with E-state index in [2.05, 4.69) is 46.3 Å². The summed E-state index contributed by atoms with van der Waals surface area (Å²) >= 11 is 9.76. The Kier molecular flexibility index (Phi) is 4.82. The van der Waals surface area contributed by atoms with Crippen molar-refractivity contribution in [3.05, 3.63) is 81.8 Å². The van der Waals surface area contributed by atoms with Gasteiger partial charge in [-0.3, -0.25) is 0 Å². The lowest BCUT2D eigenvalue weighted by Crippen LogP contribution is -2.16. The van der Waals surface area contributed by atoms with Crippen molar-refractivity contribution in [2.75, 3.05) is 0 Å². The van der Waals surface area contributed by atoms with Gasteiger partial charge in [0.1, 0.15) is 0 Å². The van der Waals surface area contributed by atoms with Crippen LogP contribution in [-0.4, -0.2) is 5.11 Å². The molecule has 0 radical (unpaired) electrons. The van der Waals surface area contributed by atoms with Gasteiger partial charge in [-0.05, 0) is 72.0 Å². The lowest BCUT2D eigenvalue weighted by Gasteiger charge is -2.22. The summed E-state index contributed by atoms with van der Waals surface area (Å²) in [5.74, 6) is 0. The summed E-state index contributed by atoms with van der Waals surface area (Å²) < 4.78 is 0.996. The molecule has 0 bridgehead atoms. The maximum Gasteiger partial charge on any atom is 0.0847 e. The van der Waals surface area contributed by atoms with Gasteiger partial charge in [-0.2, -0.15) is 0 Å². The highest BCUT2D eigenvalue weighted by atomic mass is 79.9. The molecule has 24 heavy (non-hydrogen) atoms. The molecule has 0 spiro atoms.